The molecular formula is C19H23N5O. The Morgan fingerprint density at radius 1 is 1.04 bits per heavy atom. The maximum Gasteiger partial charge on any atom is 0.261 e. The Labute approximate surface area is 147 Å². The van der Waals surface area contributed by atoms with E-state index in [-0.39, 0.29) is 5.56 Å². The summed E-state index contributed by atoms with van der Waals surface area (Å²) >= 11 is 0. The van der Waals surface area contributed by atoms with Crippen LogP contribution in [0.25, 0.3) is 10.9 Å². The first-order valence-corrected chi connectivity index (χ1v) is 8.21. The van der Waals surface area contributed by atoms with Gasteiger partial charge in [0.15, 0.2) is 0 Å². The number of fused-ring (bicyclic) bond motifs is 1. The minimum absolute atomic E-state index is 0.00833. The van der Waals surface area contributed by atoms with Crippen molar-refractivity contribution in [3.8, 4) is 0 Å². The summed E-state index contributed by atoms with van der Waals surface area (Å²) in [6.07, 6.45) is 1.89. The van der Waals surface area contributed by atoms with Crippen LogP contribution in [0.15, 0.2) is 47.4 Å². The van der Waals surface area contributed by atoms with Gasteiger partial charge >= 0.3 is 0 Å². The number of para-hydroxylation sites is 1. The normalized spacial score (nSPS) is 11.2. The van der Waals surface area contributed by atoms with Gasteiger partial charge in [-0.25, -0.2) is 9.97 Å². The fourth-order valence-corrected chi connectivity index (χ4v) is 2.79. The van der Waals surface area contributed by atoms with E-state index in [9.17, 15) is 4.79 Å². The van der Waals surface area contributed by atoms with Crippen molar-refractivity contribution in [1.29, 1.82) is 0 Å². The van der Waals surface area contributed by atoms with Crippen LogP contribution in [0.4, 0.5) is 5.82 Å². The highest BCUT2D eigenvalue weighted by Gasteiger charge is 2.10. The van der Waals surface area contributed by atoms with Gasteiger partial charge in [-0.15, -0.1) is 0 Å². The van der Waals surface area contributed by atoms with Gasteiger partial charge in [0.05, 0.1) is 17.4 Å². The van der Waals surface area contributed by atoms with Crippen LogP contribution in [-0.2, 0) is 20.1 Å². The summed E-state index contributed by atoms with van der Waals surface area (Å²) in [4.78, 5) is 25.7. The van der Waals surface area contributed by atoms with Gasteiger partial charge in [0, 0.05) is 33.9 Å². The van der Waals surface area contributed by atoms with Gasteiger partial charge in [0.1, 0.15) is 11.6 Å². The number of nitrogens with zero attached hydrogens (tertiary/aromatic N) is 5. The van der Waals surface area contributed by atoms with E-state index in [1.165, 1.54) is 0 Å². The van der Waals surface area contributed by atoms with Crippen molar-refractivity contribution in [2.24, 2.45) is 7.05 Å². The second-order valence-electron chi connectivity index (χ2n) is 6.50. The largest absolute Gasteiger partial charge is 0.363 e. The highest BCUT2D eigenvalue weighted by Crippen LogP contribution is 2.12. The first-order valence-electron chi connectivity index (χ1n) is 8.21. The molecule has 0 saturated carbocycles. The third kappa shape index (κ3) is 3.69. The molecule has 0 bridgehead atoms. The van der Waals surface area contributed by atoms with E-state index in [1.807, 2.05) is 62.6 Å². The Morgan fingerprint density at radius 3 is 2.48 bits per heavy atom. The number of rotatable bonds is 5. The lowest BCUT2D eigenvalue weighted by atomic mass is 10.2. The number of pyridine rings is 1. The molecule has 25 heavy (non-hydrogen) atoms. The highest BCUT2D eigenvalue weighted by atomic mass is 16.1. The van der Waals surface area contributed by atoms with Gasteiger partial charge in [-0.3, -0.25) is 14.3 Å². The molecule has 130 valence electrons. The average molecular weight is 337 g/mol. The predicted molar refractivity (Wildman–Crippen MR) is 101 cm³/mol. The molecule has 0 N–H and O–H groups in total. The molecule has 0 radical (unpaired) electrons. The SMILES string of the molecule is CN(Cc1ccc(N(C)C)nc1)Cc1nc2ccccc2c(=O)n1C. The van der Waals surface area contributed by atoms with Crippen molar-refractivity contribution in [3.05, 3.63) is 64.3 Å². The Hall–Kier alpha value is -2.73. The van der Waals surface area contributed by atoms with E-state index in [2.05, 4.69) is 20.9 Å². The number of hydrogen-bond acceptors (Lipinski definition) is 5. The number of hydrogen-bond donors (Lipinski definition) is 0. The number of aromatic nitrogens is 3. The van der Waals surface area contributed by atoms with Crippen LogP contribution in [0.2, 0.25) is 0 Å². The smallest absolute Gasteiger partial charge is 0.261 e. The first-order chi connectivity index (χ1) is 12.0. The van der Waals surface area contributed by atoms with Crippen LogP contribution in [0.3, 0.4) is 0 Å². The monoisotopic (exact) mass is 337 g/mol. The summed E-state index contributed by atoms with van der Waals surface area (Å²) < 4.78 is 1.63. The summed E-state index contributed by atoms with van der Waals surface area (Å²) in [5.41, 5.74) is 1.86. The zero-order valence-electron chi connectivity index (χ0n) is 15.1. The van der Waals surface area contributed by atoms with Crippen LogP contribution in [0.1, 0.15) is 11.4 Å². The fourth-order valence-electron chi connectivity index (χ4n) is 2.79. The second-order valence-corrected chi connectivity index (χ2v) is 6.50. The van der Waals surface area contributed by atoms with Gasteiger partial charge in [0.25, 0.3) is 5.56 Å². The van der Waals surface area contributed by atoms with Crippen LogP contribution in [-0.4, -0.2) is 40.6 Å². The molecule has 2 heterocycles. The van der Waals surface area contributed by atoms with Crippen molar-refractivity contribution < 1.29 is 0 Å². The molecule has 3 rings (SSSR count). The third-order valence-electron chi connectivity index (χ3n) is 4.21. The molecule has 0 aliphatic rings. The van der Waals surface area contributed by atoms with Crippen molar-refractivity contribution in [1.82, 2.24) is 19.4 Å². The summed E-state index contributed by atoms with van der Waals surface area (Å²) in [7, 11) is 7.74. The molecule has 6 heteroatoms. The highest BCUT2D eigenvalue weighted by molar-refractivity contribution is 5.77. The molecule has 6 nitrogen and oxygen atoms in total. The molecular weight excluding hydrogens is 314 g/mol. The molecule has 0 atom stereocenters. The summed E-state index contributed by atoms with van der Waals surface area (Å²) in [6.45, 7) is 1.33. The minimum Gasteiger partial charge on any atom is -0.363 e. The number of benzene rings is 1. The zero-order chi connectivity index (χ0) is 18.0. The molecule has 0 spiro atoms. The topological polar surface area (TPSA) is 54.3 Å². The molecule has 0 aliphatic carbocycles. The zero-order valence-corrected chi connectivity index (χ0v) is 15.1. The van der Waals surface area contributed by atoms with E-state index in [4.69, 9.17) is 0 Å². The van der Waals surface area contributed by atoms with Gasteiger partial charge in [0.2, 0.25) is 0 Å². The van der Waals surface area contributed by atoms with E-state index in [0.717, 1.165) is 29.3 Å². The van der Waals surface area contributed by atoms with E-state index in [0.29, 0.717) is 11.9 Å². The van der Waals surface area contributed by atoms with Gasteiger partial charge in [-0.05, 0) is 30.8 Å². The first kappa shape index (κ1) is 17.1. The van der Waals surface area contributed by atoms with Crippen LogP contribution in [0, 0.1) is 0 Å². The van der Waals surface area contributed by atoms with E-state index < -0.39 is 0 Å². The summed E-state index contributed by atoms with van der Waals surface area (Å²) in [5, 5.41) is 0.653. The van der Waals surface area contributed by atoms with Crippen molar-refractivity contribution in [2.45, 2.75) is 13.1 Å². The quantitative estimate of drug-likeness (QED) is 0.713. The van der Waals surface area contributed by atoms with E-state index >= 15 is 0 Å². The third-order valence-corrected chi connectivity index (χ3v) is 4.21. The Morgan fingerprint density at radius 2 is 1.80 bits per heavy atom. The Balaban J connectivity index is 1.78. The van der Waals surface area contributed by atoms with Crippen LogP contribution < -0.4 is 10.5 Å². The second kappa shape index (κ2) is 7.03. The minimum atomic E-state index is -0.00833. The lowest BCUT2D eigenvalue weighted by Gasteiger charge is -2.19. The fraction of sp³-hybridized carbons (Fsp3) is 0.316. The van der Waals surface area contributed by atoms with Crippen molar-refractivity contribution in [2.75, 3.05) is 26.0 Å². The molecule has 0 amide bonds. The molecule has 2 aromatic heterocycles. The summed E-state index contributed by atoms with van der Waals surface area (Å²) in [6, 6.07) is 11.5. The molecule has 1 aromatic carbocycles. The molecule has 3 aromatic rings. The Bertz CT molecular complexity index is 931. The van der Waals surface area contributed by atoms with Gasteiger partial charge < -0.3 is 4.90 Å². The average Bonchev–Trinajstić information content (AvgIpc) is 2.60. The van der Waals surface area contributed by atoms with Crippen LogP contribution >= 0.6 is 0 Å². The van der Waals surface area contributed by atoms with Crippen LogP contribution in [0.5, 0.6) is 0 Å². The van der Waals surface area contributed by atoms with Crippen molar-refractivity contribution >= 4 is 16.7 Å². The van der Waals surface area contributed by atoms with Crippen molar-refractivity contribution in [3.63, 3.8) is 0 Å². The maximum absolute atomic E-state index is 12.5. The lowest BCUT2D eigenvalue weighted by Crippen LogP contribution is -2.27. The molecule has 0 fully saturated rings. The maximum atomic E-state index is 12.5. The van der Waals surface area contributed by atoms with Gasteiger partial charge in [-0.1, -0.05) is 18.2 Å². The molecule has 0 aliphatic heterocycles. The molecule has 0 unspecified atom stereocenters. The van der Waals surface area contributed by atoms with E-state index in [1.54, 1.807) is 11.6 Å². The lowest BCUT2D eigenvalue weighted by molar-refractivity contribution is 0.305. The van der Waals surface area contributed by atoms with Gasteiger partial charge in [-0.2, -0.15) is 0 Å². The Kier molecular flexibility index (Phi) is 4.81. The molecule has 0 saturated heterocycles. The predicted octanol–water partition coefficient (Wildman–Crippen LogP) is 2.03. The summed E-state index contributed by atoms with van der Waals surface area (Å²) in [5.74, 6) is 1.69. The standard InChI is InChI=1S/C19H23N5O/c1-22(2)17-10-9-14(11-20-17)12-23(3)13-18-21-16-8-6-5-7-15(16)19(25)24(18)4/h5-11H,12-13H2,1-4H3. The number of anilines is 1.